The Morgan fingerprint density at radius 3 is 2.82 bits per heavy atom. The van der Waals surface area contributed by atoms with Crippen LogP contribution in [0.1, 0.15) is 11.3 Å². The Morgan fingerprint density at radius 2 is 2.29 bits per heavy atom. The van der Waals surface area contributed by atoms with Crippen molar-refractivity contribution in [3.8, 4) is 6.07 Å². The molecule has 0 unspecified atom stereocenters. The Labute approximate surface area is 98.8 Å². The molecule has 0 spiro atoms. The second-order valence-corrected chi connectivity index (χ2v) is 3.50. The van der Waals surface area contributed by atoms with Gasteiger partial charge in [-0.25, -0.2) is 0 Å². The third kappa shape index (κ3) is 3.34. The van der Waals surface area contributed by atoms with E-state index in [0.717, 1.165) is 5.56 Å². The van der Waals surface area contributed by atoms with Gasteiger partial charge in [-0.15, -0.1) is 0 Å². The van der Waals surface area contributed by atoms with E-state index in [1.54, 1.807) is 19.1 Å². The molecule has 0 bridgehead atoms. The summed E-state index contributed by atoms with van der Waals surface area (Å²) >= 11 is 0. The second-order valence-electron chi connectivity index (χ2n) is 3.50. The van der Waals surface area contributed by atoms with Crippen LogP contribution in [0.5, 0.6) is 0 Å². The lowest BCUT2D eigenvalue weighted by Crippen LogP contribution is -2.40. The number of likely N-dealkylation sites (N-methyl/N-ethyl adjacent to an activating group) is 1. The minimum absolute atomic E-state index is 0.177. The Hall–Kier alpha value is -2.29. The smallest absolute Gasteiger partial charge is 0.311 e. The number of aryl methyl sites for hydroxylation is 1. The molecule has 0 aliphatic rings. The fraction of sp³-hybridized carbons (Fsp3) is 0.364. The summed E-state index contributed by atoms with van der Waals surface area (Å²) in [5.41, 5.74) is 0.842. The van der Waals surface area contributed by atoms with Crippen molar-refractivity contribution in [2.75, 3.05) is 13.6 Å². The van der Waals surface area contributed by atoms with Gasteiger partial charge in [0.1, 0.15) is 12.3 Å². The van der Waals surface area contributed by atoms with Gasteiger partial charge in [-0.3, -0.25) is 9.59 Å². The van der Waals surface area contributed by atoms with Gasteiger partial charge in [-0.2, -0.15) is 5.26 Å². The molecule has 1 aromatic heterocycles. The molecule has 0 saturated heterocycles. The summed E-state index contributed by atoms with van der Waals surface area (Å²) in [7, 11) is 1.51. The van der Waals surface area contributed by atoms with Gasteiger partial charge < -0.3 is 14.6 Å². The molecule has 0 fully saturated rings. The van der Waals surface area contributed by atoms with E-state index < -0.39 is 11.8 Å². The van der Waals surface area contributed by atoms with Crippen LogP contribution in [0.25, 0.3) is 0 Å². The van der Waals surface area contributed by atoms with Crippen LogP contribution < -0.4 is 5.32 Å². The van der Waals surface area contributed by atoms with E-state index in [0.29, 0.717) is 12.3 Å². The van der Waals surface area contributed by atoms with E-state index in [2.05, 4.69) is 5.32 Å². The molecular weight excluding hydrogens is 222 g/mol. The van der Waals surface area contributed by atoms with Crippen LogP contribution in [0.2, 0.25) is 0 Å². The summed E-state index contributed by atoms with van der Waals surface area (Å²) in [6.45, 7) is 1.90. The number of amides is 2. The zero-order chi connectivity index (χ0) is 12.8. The first-order chi connectivity index (χ1) is 8.06. The third-order valence-corrected chi connectivity index (χ3v) is 2.24. The van der Waals surface area contributed by atoms with Crippen LogP contribution in [0.15, 0.2) is 16.7 Å². The first kappa shape index (κ1) is 12.8. The summed E-state index contributed by atoms with van der Waals surface area (Å²) in [6, 6.07) is 3.47. The molecule has 1 rings (SSSR count). The van der Waals surface area contributed by atoms with E-state index in [9.17, 15) is 9.59 Å². The Bertz CT molecular complexity index is 459. The highest BCUT2D eigenvalue weighted by Crippen LogP contribution is 2.10. The summed E-state index contributed by atoms with van der Waals surface area (Å²) in [6.07, 6.45) is 1.53. The molecule has 0 radical (unpaired) electrons. The largest absolute Gasteiger partial charge is 0.469 e. The fourth-order valence-electron chi connectivity index (χ4n) is 1.27. The molecule has 0 aromatic carbocycles. The van der Waals surface area contributed by atoms with E-state index in [4.69, 9.17) is 9.68 Å². The van der Waals surface area contributed by atoms with Crippen LogP contribution in [0.4, 0.5) is 0 Å². The molecule has 6 heteroatoms. The number of carbonyl (C=O) groups is 2. The van der Waals surface area contributed by atoms with Crippen LogP contribution in [-0.4, -0.2) is 30.3 Å². The fourth-order valence-corrected chi connectivity index (χ4v) is 1.27. The van der Waals surface area contributed by atoms with Gasteiger partial charge in [0.05, 0.1) is 12.3 Å². The summed E-state index contributed by atoms with van der Waals surface area (Å²) in [4.78, 5) is 24.1. The molecule has 1 N–H and O–H groups in total. The first-order valence-electron chi connectivity index (χ1n) is 4.99. The molecule has 0 aliphatic carbocycles. The van der Waals surface area contributed by atoms with E-state index in [1.165, 1.54) is 18.2 Å². The normalized spacial score (nSPS) is 9.47. The lowest BCUT2D eigenvalue weighted by atomic mass is 10.2. The number of carbonyl (C=O) groups excluding carboxylic acids is 2. The van der Waals surface area contributed by atoms with Crippen molar-refractivity contribution in [3.05, 3.63) is 23.7 Å². The Balaban J connectivity index is 2.56. The molecule has 17 heavy (non-hydrogen) atoms. The topological polar surface area (TPSA) is 86.3 Å². The number of furan rings is 1. The van der Waals surface area contributed by atoms with Crippen molar-refractivity contribution < 1.29 is 14.0 Å². The minimum Gasteiger partial charge on any atom is -0.469 e. The molecule has 1 heterocycles. The quantitative estimate of drug-likeness (QED) is 0.598. The molecular formula is C11H13N3O3. The minimum atomic E-state index is -0.782. The highest BCUT2D eigenvalue weighted by Gasteiger charge is 2.19. The monoisotopic (exact) mass is 235 g/mol. The van der Waals surface area contributed by atoms with Crippen molar-refractivity contribution in [1.29, 1.82) is 5.26 Å². The highest BCUT2D eigenvalue weighted by atomic mass is 16.3. The van der Waals surface area contributed by atoms with Gasteiger partial charge in [0.25, 0.3) is 0 Å². The molecule has 2 amide bonds. The van der Waals surface area contributed by atoms with Gasteiger partial charge in [-0.05, 0) is 13.0 Å². The molecule has 6 nitrogen and oxygen atoms in total. The second kappa shape index (κ2) is 5.70. The molecule has 0 aliphatic heterocycles. The number of nitrogens with one attached hydrogen (secondary N) is 1. The third-order valence-electron chi connectivity index (χ3n) is 2.24. The van der Waals surface area contributed by atoms with Crippen LogP contribution in [-0.2, 0) is 16.1 Å². The lowest BCUT2D eigenvalue weighted by Gasteiger charge is -2.15. The zero-order valence-electron chi connectivity index (χ0n) is 9.69. The van der Waals surface area contributed by atoms with Gasteiger partial charge in [0.2, 0.25) is 0 Å². The van der Waals surface area contributed by atoms with Gasteiger partial charge in [0, 0.05) is 19.2 Å². The van der Waals surface area contributed by atoms with Gasteiger partial charge >= 0.3 is 11.8 Å². The maximum atomic E-state index is 11.6. The summed E-state index contributed by atoms with van der Waals surface area (Å²) < 4.78 is 5.09. The number of rotatable bonds is 3. The Kier molecular flexibility index (Phi) is 4.29. The maximum Gasteiger partial charge on any atom is 0.311 e. The van der Waals surface area contributed by atoms with Crippen LogP contribution >= 0.6 is 0 Å². The maximum absolute atomic E-state index is 11.6. The van der Waals surface area contributed by atoms with Crippen molar-refractivity contribution in [3.63, 3.8) is 0 Å². The highest BCUT2D eigenvalue weighted by molar-refractivity contribution is 6.34. The van der Waals surface area contributed by atoms with Gasteiger partial charge in [-0.1, -0.05) is 0 Å². The summed E-state index contributed by atoms with van der Waals surface area (Å²) in [5, 5.41) is 10.5. The number of nitriles is 1. The van der Waals surface area contributed by atoms with Crippen molar-refractivity contribution in [2.45, 2.75) is 13.5 Å². The molecule has 90 valence electrons. The number of hydrogen-bond donors (Lipinski definition) is 1. The van der Waals surface area contributed by atoms with Crippen molar-refractivity contribution in [2.24, 2.45) is 0 Å². The Morgan fingerprint density at radius 1 is 1.59 bits per heavy atom. The van der Waals surface area contributed by atoms with E-state index >= 15 is 0 Å². The predicted octanol–water partition coefficient (Wildman–Crippen LogP) is 0.186. The molecule has 0 saturated carbocycles. The average Bonchev–Trinajstić information content (AvgIpc) is 2.70. The molecule has 1 aromatic rings. The standard InChI is InChI=1S/C11H13N3O3/c1-8-9(3-6-17-8)7-14(2)11(16)10(15)13-5-4-12/h3,6H,5,7H2,1-2H3,(H,13,15). The predicted molar refractivity (Wildman–Crippen MR) is 58.5 cm³/mol. The van der Waals surface area contributed by atoms with E-state index in [-0.39, 0.29) is 6.54 Å². The van der Waals surface area contributed by atoms with Gasteiger partial charge in [0.15, 0.2) is 0 Å². The molecule has 0 atom stereocenters. The summed E-state index contributed by atoms with van der Waals surface area (Å²) in [5.74, 6) is -0.752. The number of hydrogen-bond acceptors (Lipinski definition) is 4. The van der Waals surface area contributed by atoms with Crippen LogP contribution in [0.3, 0.4) is 0 Å². The SMILES string of the molecule is Cc1occc1CN(C)C(=O)C(=O)NCC#N. The number of nitrogens with zero attached hydrogens (tertiary/aromatic N) is 2. The lowest BCUT2D eigenvalue weighted by molar-refractivity contribution is -0.145. The van der Waals surface area contributed by atoms with Crippen molar-refractivity contribution in [1.82, 2.24) is 10.2 Å². The van der Waals surface area contributed by atoms with Crippen molar-refractivity contribution >= 4 is 11.8 Å². The first-order valence-corrected chi connectivity index (χ1v) is 4.99. The van der Waals surface area contributed by atoms with Crippen LogP contribution in [0, 0.1) is 18.3 Å². The van der Waals surface area contributed by atoms with E-state index in [1.807, 2.05) is 0 Å². The zero-order valence-corrected chi connectivity index (χ0v) is 9.69. The average molecular weight is 235 g/mol.